The third kappa shape index (κ3) is 8.33. The predicted octanol–water partition coefficient (Wildman–Crippen LogP) is 3.10. The Hall–Kier alpha value is -0.400. The third-order valence-electron chi connectivity index (χ3n) is 4.43. The minimum Gasteiger partial charge on any atom is -0.492 e. The Morgan fingerprint density at radius 2 is 1.31 bits per heavy atom. The molecule has 0 saturated heterocycles. The molecule has 0 aliphatic heterocycles. The number of hydrogen-bond donors (Lipinski definition) is 5. The highest BCUT2D eigenvalue weighted by Gasteiger charge is 2.35. The summed E-state index contributed by atoms with van der Waals surface area (Å²) in [7, 11) is -5.30. The Morgan fingerprint density at radius 1 is 0.793 bits per heavy atom. The van der Waals surface area contributed by atoms with E-state index in [1.54, 1.807) is 0 Å². The highest BCUT2D eigenvalue weighted by molar-refractivity contribution is 7.39. The van der Waals surface area contributed by atoms with Crippen LogP contribution in [0, 0.1) is 5.41 Å². The number of benzene rings is 1. The first kappa shape index (κ1) is 26.6. The quantitative estimate of drug-likeness (QED) is 0.343. The van der Waals surface area contributed by atoms with Crippen molar-refractivity contribution in [2.75, 3.05) is 26.4 Å². The molecule has 0 amide bonds. The molecule has 29 heavy (non-hydrogen) atoms. The van der Waals surface area contributed by atoms with Crippen LogP contribution >= 0.6 is 17.2 Å². The van der Waals surface area contributed by atoms with E-state index in [-0.39, 0.29) is 30.7 Å². The molecule has 0 aliphatic carbocycles. The van der Waals surface area contributed by atoms with Gasteiger partial charge in [-0.25, -0.2) is 0 Å². The lowest BCUT2D eigenvalue weighted by Gasteiger charge is -2.34. The van der Waals surface area contributed by atoms with Gasteiger partial charge in [0, 0.05) is 5.56 Å². The van der Waals surface area contributed by atoms with Crippen molar-refractivity contribution >= 4 is 17.2 Å². The predicted molar refractivity (Wildman–Crippen MR) is 113 cm³/mol. The van der Waals surface area contributed by atoms with E-state index in [0.29, 0.717) is 5.75 Å². The Bertz CT molecular complexity index is 626. The van der Waals surface area contributed by atoms with Gasteiger partial charge in [0.2, 0.25) is 0 Å². The Kier molecular flexibility index (Phi) is 9.88. The zero-order chi connectivity index (χ0) is 22.5. The number of hydrogen-bond acceptors (Lipinski definition) is 8. The van der Waals surface area contributed by atoms with Crippen LogP contribution in [0.5, 0.6) is 5.75 Å². The molecule has 8 nitrogen and oxygen atoms in total. The van der Waals surface area contributed by atoms with Crippen molar-refractivity contribution in [3.63, 3.8) is 0 Å². The summed E-state index contributed by atoms with van der Waals surface area (Å²) in [4.78, 5) is 36.4. The summed E-state index contributed by atoms with van der Waals surface area (Å²) in [5, 5.41) is 9.94. The van der Waals surface area contributed by atoms with Crippen molar-refractivity contribution in [1.82, 2.24) is 0 Å². The van der Waals surface area contributed by atoms with Crippen LogP contribution in [0.25, 0.3) is 0 Å². The van der Waals surface area contributed by atoms with Crippen LogP contribution in [-0.2, 0) is 19.9 Å². The van der Waals surface area contributed by atoms with Crippen LogP contribution in [0.3, 0.4) is 0 Å². The highest BCUT2D eigenvalue weighted by atomic mass is 31.2. The van der Waals surface area contributed by atoms with Gasteiger partial charge in [0.25, 0.3) is 0 Å². The van der Waals surface area contributed by atoms with Crippen LogP contribution in [0.1, 0.15) is 52.7 Å². The van der Waals surface area contributed by atoms with Gasteiger partial charge in [-0.1, -0.05) is 53.7 Å². The van der Waals surface area contributed by atoms with Gasteiger partial charge in [-0.2, -0.15) is 0 Å². The van der Waals surface area contributed by atoms with Crippen LogP contribution in [0.4, 0.5) is 0 Å². The van der Waals surface area contributed by atoms with Gasteiger partial charge in [-0.05, 0) is 22.5 Å². The van der Waals surface area contributed by atoms with E-state index >= 15 is 0 Å². The topological polar surface area (TPSA) is 129 Å². The number of ether oxygens (including phenoxy) is 1. The lowest BCUT2D eigenvalue weighted by atomic mass is 9.75. The van der Waals surface area contributed by atoms with E-state index in [1.165, 1.54) is 0 Å². The minimum atomic E-state index is -2.65. The molecule has 0 aliphatic rings. The van der Waals surface area contributed by atoms with Gasteiger partial charge < -0.3 is 38.5 Å². The van der Waals surface area contributed by atoms with E-state index in [1.807, 2.05) is 12.1 Å². The van der Waals surface area contributed by atoms with Crippen molar-refractivity contribution in [1.29, 1.82) is 0 Å². The molecule has 0 unspecified atom stereocenters. The fourth-order valence-electron chi connectivity index (χ4n) is 2.93. The average Bonchev–Trinajstić information content (AvgIpc) is 2.59. The second-order valence-electron chi connectivity index (χ2n) is 9.18. The molecule has 0 saturated carbocycles. The molecule has 5 N–H and O–H groups in total. The van der Waals surface area contributed by atoms with Gasteiger partial charge in [0.1, 0.15) is 12.4 Å². The van der Waals surface area contributed by atoms with E-state index in [2.05, 4.69) is 47.6 Å². The first-order valence-corrected chi connectivity index (χ1v) is 11.5. The van der Waals surface area contributed by atoms with Gasteiger partial charge in [-0.15, -0.1) is 0 Å². The molecule has 168 valence electrons. The number of aliphatic hydroxyl groups excluding tert-OH is 1. The minimum absolute atomic E-state index is 0.0908. The first-order chi connectivity index (χ1) is 13.2. The van der Waals surface area contributed by atoms with Crippen LogP contribution in [0.15, 0.2) is 18.2 Å². The molecule has 1 rings (SSSR count). The standard InChI is InChI=1S/C19H34O8P2/c1-17(2,3)14-8-7-9-15(16(14)18(4,5)6)25-11-19(10-20,12-26-28(21)22)13-27-29(23)24/h7-9,20-24H,10-13H2,1-6H3. The summed E-state index contributed by atoms with van der Waals surface area (Å²) in [6.45, 7) is 11.5. The summed E-state index contributed by atoms with van der Waals surface area (Å²) in [5.74, 6) is 0.633. The average molecular weight is 452 g/mol. The molecule has 0 fully saturated rings. The van der Waals surface area contributed by atoms with E-state index in [0.717, 1.165) is 11.1 Å². The lowest BCUT2D eigenvalue weighted by molar-refractivity contribution is -0.0165. The SMILES string of the molecule is CC(C)(C)c1cccc(OCC(CO)(COP(O)O)COP(O)O)c1C(C)(C)C. The molecule has 1 aromatic rings. The zero-order valence-corrected chi connectivity index (χ0v) is 19.7. The first-order valence-electron chi connectivity index (χ1n) is 9.21. The molecule has 1 aromatic carbocycles. The summed E-state index contributed by atoms with van der Waals surface area (Å²) in [6.07, 6.45) is 0. The van der Waals surface area contributed by atoms with Gasteiger partial charge in [-0.3, -0.25) is 0 Å². The number of rotatable bonds is 10. The molecule has 0 heterocycles. The summed E-state index contributed by atoms with van der Waals surface area (Å²) < 4.78 is 15.9. The van der Waals surface area contributed by atoms with Gasteiger partial charge >= 0.3 is 17.2 Å². The molecular weight excluding hydrogens is 418 g/mol. The molecule has 10 heteroatoms. The van der Waals surface area contributed by atoms with Crippen LogP contribution < -0.4 is 4.74 Å². The van der Waals surface area contributed by atoms with Gasteiger partial charge in [0.05, 0.1) is 25.2 Å². The Labute approximate surface area is 175 Å². The fourth-order valence-corrected chi connectivity index (χ4v) is 3.71. The molecule has 0 bridgehead atoms. The Balaban J connectivity index is 3.24. The van der Waals surface area contributed by atoms with Gasteiger partial charge in [0.15, 0.2) is 0 Å². The van der Waals surface area contributed by atoms with Crippen molar-refractivity contribution in [2.24, 2.45) is 5.41 Å². The van der Waals surface area contributed by atoms with Crippen LogP contribution in [0.2, 0.25) is 0 Å². The van der Waals surface area contributed by atoms with Crippen LogP contribution in [-0.4, -0.2) is 51.1 Å². The van der Waals surface area contributed by atoms with Crippen molar-refractivity contribution in [3.8, 4) is 5.75 Å². The summed E-state index contributed by atoms with van der Waals surface area (Å²) >= 11 is 0. The Morgan fingerprint density at radius 3 is 1.69 bits per heavy atom. The maximum absolute atomic E-state index is 9.94. The largest absolute Gasteiger partial charge is 0.492 e. The second-order valence-corrected chi connectivity index (χ2v) is 10.7. The van der Waals surface area contributed by atoms with E-state index < -0.39 is 29.2 Å². The molecule has 0 aromatic heterocycles. The highest BCUT2D eigenvalue weighted by Crippen LogP contribution is 2.41. The second kappa shape index (κ2) is 10.8. The fraction of sp³-hybridized carbons (Fsp3) is 0.684. The smallest absolute Gasteiger partial charge is 0.327 e. The number of aliphatic hydroxyl groups is 1. The van der Waals surface area contributed by atoms with Crippen molar-refractivity contribution in [3.05, 3.63) is 29.3 Å². The zero-order valence-electron chi connectivity index (χ0n) is 17.9. The maximum Gasteiger partial charge on any atom is 0.327 e. The molecule has 0 radical (unpaired) electrons. The monoisotopic (exact) mass is 452 g/mol. The van der Waals surface area contributed by atoms with Crippen molar-refractivity contribution < 1.29 is 38.5 Å². The molecule has 0 atom stereocenters. The third-order valence-corrected chi connectivity index (χ3v) is 5.15. The van der Waals surface area contributed by atoms with Crippen molar-refractivity contribution in [2.45, 2.75) is 52.4 Å². The lowest BCUT2D eigenvalue weighted by Crippen LogP contribution is -2.41. The van der Waals surface area contributed by atoms with E-state index in [9.17, 15) is 5.11 Å². The summed E-state index contributed by atoms with van der Waals surface area (Å²) in [6, 6.07) is 5.81. The summed E-state index contributed by atoms with van der Waals surface area (Å²) in [5.41, 5.74) is 0.608. The maximum atomic E-state index is 9.94. The van der Waals surface area contributed by atoms with E-state index in [4.69, 9.17) is 33.4 Å². The molecule has 0 spiro atoms. The molecular formula is C19H34O8P2. The normalized spacial score (nSPS) is 13.4.